The molecule has 0 saturated carbocycles. The average Bonchev–Trinajstić information content (AvgIpc) is 3.29. The predicted molar refractivity (Wildman–Crippen MR) is 126 cm³/mol. The molecule has 2 fully saturated rings. The predicted octanol–water partition coefficient (Wildman–Crippen LogP) is 4.18. The van der Waals surface area contributed by atoms with Gasteiger partial charge in [0.2, 0.25) is 0 Å². The van der Waals surface area contributed by atoms with Gasteiger partial charge in [-0.3, -0.25) is 4.79 Å². The van der Waals surface area contributed by atoms with Gasteiger partial charge in [0, 0.05) is 56.2 Å². The van der Waals surface area contributed by atoms with Gasteiger partial charge in [0.25, 0.3) is 5.91 Å². The molecule has 0 bridgehead atoms. The Morgan fingerprint density at radius 3 is 2.19 bits per heavy atom. The van der Waals surface area contributed by atoms with Crippen molar-refractivity contribution in [2.24, 2.45) is 0 Å². The highest BCUT2D eigenvalue weighted by Gasteiger charge is 2.26. The molecule has 2 heterocycles. The largest absolute Gasteiger partial charge is 0.371 e. The van der Waals surface area contributed by atoms with E-state index in [2.05, 4.69) is 14.7 Å². The number of likely N-dealkylation sites (N-methyl/N-ethyl adjacent to an activating group) is 1. The fourth-order valence-corrected chi connectivity index (χ4v) is 4.57. The summed E-state index contributed by atoms with van der Waals surface area (Å²) in [6, 6.07) is 12.8. The number of nitrogens with zero attached hydrogens (tertiary/aromatic N) is 4. The second-order valence-corrected chi connectivity index (χ2v) is 9.06. The van der Waals surface area contributed by atoms with Crippen LogP contribution in [0.15, 0.2) is 42.5 Å². The molecule has 0 aromatic heterocycles. The van der Waals surface area contributed by atoms with Crippen molar-refractivity contribution in [3.8, 4) is 0 Å². The maximum atomic E-state index is 14.9. The molecule has 4 rings (SSSR count). The van der Waals surface area contributed by atoms with Crippen LogP contribution in [0.1, 0.15) is 29.6 Å². The molecule has 1 amide bonds. The van der Waals surface area contributed by atoms with E-state index in [0.29, 0.717) is 48.9 Å². The third-order valence-electron chi connectivity index (χ3n) is 6.76. The van der Waals surface area contributed by atoms with E-state index >= 15 is 0 Å². The van der Waals surface area contributed by atoms with Crippen molar-refractivity contribution < 1.29 is 13.6 Å². The van der Waals surface area contributed by atoms with Crippen LogP contribution in [0.25, 0.3) is 0 Å². The first kappa shape index (κ1) is 22.5. The summed E-state index contributed by atoms with van der Waals surface area (Å²) in [5.41, 5.74) is 2.64. The fourth-order valence-electron chi connectivity index (χ4n) is 4.57. The van der Waals surface area contributed by atoms with Crippen molar-refractivity contribution >= 4 is 23.0 Å². The first-order valence-corrected chi connectivity index (χ1v) is 11.3. The van der Waals surface area contributed by atoms with Crippen LogP contribution in [0.5, 0.6) is 0 Å². The van der Waals surface area contributed by atoms with Crippen LogP contribution in [0.2, 0.25) is 0 Å². The Kier molecular flexibility index (Phi) is 6.65. The molecule has 0 N–H and O–H groups in total. The minimum Gasteiger partial charge on any atom is -0.371 e. The fraction of sp³-hybridized carbons (Fsp3) is 0.480. The lowest BCUT2D eigenvalue weighted by atomic mass is 10.1. The summed E-state index contributed by atoms with van der Waals surface area (Å²) in [7, 11) is 5.76. The third-order valence-corrected chi connectivity index (χ3v) is 6.76. The number of alkyl halides is 1. The van der Waals surface area contributed by atoms with Gasteiger partial charge >= 0.3 is 0 Å². The van der Waals surface area contributed by atoms with Crippen molar-refractivity contribution in [2.45, 2.75) is 31.5 Å². The van der Waals surface area contributed by atoms with Gasteiger partial charge in [-0.15, -0.1) is 0 Å². The Hall–Kier alpha value is -2.67. The molecule has 172 valence electrons. The SMILES string of the molecule is CN(C(=O)c1ccc(N2CCC(F)CC2)cc1)c1ccc(N2CCC(N(C)C)C2)c(F)c1. The normalized spacial score (nSPS) is 19.6. The van der Waals surface area contributed by atoms with E-state index in [-0.39, 0.29) is 11.7 Å². The summed E-state index contributed by atoms with van der Waals surface area (Å²) in [6.07, 6.45) is 1.37. The topological polar surface area (TPSA) is 30.0 Å². The molecular formula is C25H32F2N4O. The van der Waals surface area contributed by atoms with Crippen LogP contribution in [0, 0.1) is 5.82 Å². The zero-order valence-electron chi connectivity index (χ0n) is 19.1. The molecule has 2 aliphatic heterocycles. The number of piperidine rings is 1. The zero-order valence-corrected chi connectivity index (χ0v) is 19.1. The van der Waals surface area contributed by atoms with Gasteiger partial charge in [-0.2, -0.15) is 0 Å². The van der Waals surface area contributed by atoms with Crippen molar-refractivity contribution in [1.82, 2.24) is 4.90 Å². The lowest BCUT2D eigenvalue weighted by molar-refractivity contribution is 0.0993. The molecule has 1 atom stereocenters. The Bertz CT molecular complexity index is 941. The molecule has 2 saturated heterocycles. The van der Waals surface area contributed by atoms with Crippen LogP contribution >= 0.6 is 0 Å². The molecule has 5 nitrogen and oxygen atoms in total. The van der Waals surface area contributed by atoms with E-state index in [1.807, 2.05) is 26.2 Å². The number of hydrogen-bond donors (Lipinski definition) is 0. The van der Waals surface area contributed by atoms with Crippen LogP contribution in [-0.2, 0) is 0 Å². The number of hydrogen-bond acceptors (Lipinski definition) is 4. The number of carbonyl (C=O) groups excluding carboxylic acids is 1. The number of rotatable bonds is 5. The van der Waals surface area contributed by atoms with Crippen molar-refractivity contribution in [3.05, 3.63) is 53.8 Å². The minimum absolute atomic E-state index is 0.194. The number of carbonyl (C=O) groups is 1. The summed E-state index contributed by atoms with van der Waals surface area (Å²) < 4.78 is 28.3. The highest BCUT2D eigenvalue weighted by atomic mass is 19.1. The van der Waals surface area contributed by atoms with E-state index in [1.165, 1.54) is 11.0 Å². The van der Waals surface area contributed by atoms with Crippen LogP contribution < -0.4 is 14.7 Å². The van der Waals surface area contributed by atoms with Gasteiger partial charge in [0.05, 0.1) is 5.69 Å². The van der Waals surface area contributed by atoms with Crippen molar-refractivity contribution in [3.63, 3.8) is 0 Å². The number of anilines is 3. The summed E-state index contributed by atoms with van der Waals surface area (Å²) >= 11 is 0. The maximum absolute atomic E-state index is 14.9. The number of amides is 1. The molecule has 0 radical (unpaired) electrons. The van der Waals surface area contributed by atoms with E-state index in [4.69, 9.17) is 0 Å². The lowest BCUT2D eigenvalue weighted by Gasteiger charge is -2.30. The maximum Gasteiger partial charge on any atom is 0.258 e. The summed E-state index contributed by atoms with van der Waals surface area (Å²) in [5, 5.41) is 0. The zero-order chi connectivity index (χ0) is 22.8. The molecule has 0 spiro atoms. The van der Waals surface area contributed by atoms with Gasteiger partial charge in [0.1, 0.15) is 12.0 Å². The Morgan fingerprint density at radius 1 is 0.938 bits per heavy atom. The second-order valence-electron chi connectivity index (χ2n) is 9.06. The Labute approximate surface area is 189 Å². The molecule has 2 aromatic rings. The first-order valence-electron chi connectivity index (χ1n) is 11.3. The number of benzene rings is 2. The van der Waals surface area contributed by atoms with Gasteiger partial charge in [0.15, 0.2) is 0 Å². The molecule has 7 heteroatoms. The Balaban J connectivity index is 1.43. The summed E-state index contributed by atoms with van der Waals surface area (Å²) in [6.45, 7) is 3.00. The van der Waals surface area contributed by atoms with E-state index in [0.717, 1.165) is 25.2 Å². The van der Waals surface area contributed by atoms with E-state index in [9.17, 15) is 13.6 Å². The van der Waals surface area contributed by atoms with Gasteiger partial charge in [-0.1, -0.05) is 0 Å². The van der Waals surface area contributed by atoms with Crippen LogP contribution in [-0.4, -0.2) is 70.3 Å². The molecule has 2 aliphatic rings. The molecule has 0 aliphatic carbocycles. The quantitative estimate of drug-likeness (QED) is 0.695. The average molecular weight is 443 g/mol. The van der Waals surface area contributed by atoms with Crippen molar-refractivity contribution in [1.29, 1.82) is 0 Å². The molecule has 1 unspecified atom stereocenters. The van der Waals surface area contributed by atoms with E-state index in [1.54, 1.807) is 31.3 Å². The van der Waals surface area contributed by atoms with Gasteiger partial charge < -0.3 is 19.6 Å². The van der Waals surface area contributed by atoms with Gasteiger partial charge in [-0.05, 0) is 75.8 Å². The van der Waals surface area contributed by atoms with Crippen LogP contribution in [0.4, 0.5) is 25.8 Å². The van der Waals surface area contributed by atoms with Gasteiger partial charge in [-0.25, -0.2) is 8.78 Å². The highest BCUT2D eigenvalue weighted by Crippen LogP contribution is 2.29. The lowest BCUT2D eigenvalue weighted by Crippen LogP contribution is -2.34. The summed E-state index contributed by atoms with van der Waals surface area (Å²) in [4.78, 5) is 20.8. The minimum atomic E-state index is -0.715. The monoisotopic (exact) mass is 442 g/mol. The molecule has 2 aromatic carbocycles. The smallest absolute Gasteiger partial charge is 0.258 e. The molecule has 32 heavy (non-hydrogen) atoms. The second kappa shape index (κ2) is 9.45. The number of halogens is 2. The molecular weight excluding hydrogens is 410 g/mol. The third kappa shape index (κ3) is 4.72. The standard InChI is InChI=1S/C25H32F2N4O/c1-28(2)22-12-15-31(17-22)24-9-8-21(16-23(24)27)29(3)25(32)18-4-6-20(7-5-18)30-13-10-19(26)11-14-30/h4-9,16,19,22H,10-15,17H2,1-3H3. The first-order chi connectivity index (χ1) is 15.3. The van der Waals surface area contributed by atoms with Crippen LogP contribution in [0.3, 0.4) is 0 Å². The highest BCUT2D eigenvalue weighted by molar-refractivity contribution is 6.06. The van der Waals surface area contributed by atoms with Crippen molar-refractivity contribution in [2.75, 3.05) is 62.0 Å². The Morgan fingerprint density at radius 2 is 1.59 bits per heavy atom. The van der Waals surface area contributed by atoms with E-state index < -0.39 is 6.17 Å². The summed E-state index contributed by atoms with van der Waals surface area (Å²) in [5.74, 6) is -0.506.